The number of nitrogens with zero attached hydrogens (tertiary/aromatic N) is 1. The zero-order valence-corrected chi connectivity index (χ0v) is 12.7. The van der Waals surface area contributed by atoms with Gasteiger partial charge in [-0.3, -0.25) is 4.79 Å². The van der Waals surface area contributed by atoms with Crippen LogP contribution in [-0.2, 0) is 0 Å². The average molecular weight is 281 g/mol. The molecule has 0 saturated carbocycles. The second-order valence-corrected chi connectivity index (χ2v) is 4.91. The van der Waals surface area contributed by atoms with Gasteiger partial charge >= 0.3 is 0 Å². The first kappa shape index (κ1) is 15.4. The molecule has 0 N–H and O–H groups in total. The number of carbonyl (C=O) groups excluding carboxylic acids is 1. The molecule has 1 aromatic carbocycles. The van der Waals surface area contributed by atoms with E-state index in [-0.39, 0.29) is 5.78 Å². The lowest BCUT2D eigenvalue weighted by Crippen LogP contribution is -2.04. The predicted molar refractivity (Wildman–Crippen MR) is 78.5 cm³/mol. The Balaban J connectivity index is 3.19. The van der Waals surface area contributed by atoms with E-state index in [1.807, 2.05) is 31.3 Å². The molecule has 4 nitrogen and oxygen atoms in total. The maximum atomic E-state index is 12.1. The smallest absolute Gasteiger partial charge is 0.187 e. The third-order valence-electron chi connectivity index (χ3n) is 2.47. The van der Waals surface area contributed by atoms with Gasteiger partial charge in [-0.25, -0.2) is 0 Å². The molecule has 0 bridgehead atoms. The Kier molecular flexibility index (Phi) is 5.76. The molecule has 19 heavy (non-hydrogen) atoms. The van der Waals surface area contributed by atoms with E-state index in [1.165, 1.54) is 17.8 Å². The van der Waals surface area contributed by atoms with Crippen LogP contribution in [0.2, 0.25) is 0 Å². The lowest BCUT2D eigenvalue weighted by molar-refractivity contribution is 0.104. The maximum Gasteiger partial charge on any atom is 0.187 e. The molecule has 0 fully saturated rings. The van der Waals surface area contributed by atoms with Crippen LogP contribution in [-0.4, -0.2) is 45.3 Å². The number of carbonyl (C=O) groups is 1. The fourth-order valence-electron chi connectivity index (χ4n) is 1.54. The van der Waals surface area contributed by atoms with Gasteiger partial charge in [0.2, 0.25) is 0 Å². The standard InChI is InChI=1S/C14H19NO3S/c1-15(2)7-6-11(16)10-8-12(17-3)14(18-4)13(9-10)19-5/h6-9H,1-5H3/b7-6+. The van der Waals surface area contributed by atoms with Gasteiger partial charge in [0.15, 0.2) is 17.3 Å². The Morgan fingerprint density at radius 3 is 2.42 bits per heavy atom. The van der Waals surface area contributed by atoms with E-state index >= 15 is 0 Å². The van der Waals surface area contributed by atoms with Gasteiger partial charge in [-0.05, 0) is 18.4 Å². The average Bonchev–Trinajstić information content (AvgIpc) is 2.42. The molecule has 0 radical (unpaired) electrons. The summed E-state index contributed by atoms with van der Waals surface area (Å²) in [6.45, 7) is 0. The number of allylic oxidation sites excluding steroid dienone is 1. The highest BCUT2D eigenvalue weighted by molar-refractivity contribution is 7.98. The van der Waals surface area contributed by atoms with Gasteiger partial charge in [0.1, 0.15) is 0 Å². The van der Waals surface area contributed by atoms with Crippen molar-refractivity contribution in [3.8, 4) is 11.5 Å². The normalized spacial score (nSPS) is 10.6. The summed E-state index contributed by atoms with van der Waals surface area (Å²) in [6.07, 6.45) is 5.18. The van der Waals surface area contributed by atoms with E-state index in [0.717, 1.165) is 4.90 Å². The van der Waals surface area contributed by atoms with Crippen LogP contribution in [0.4, 0.5) is 0 Å². The van der Waals surface area contributed by atoms with Gasteiger partial charge in [-0.2, -0.15) is 0 Å². The summed E-state index contributed by atoms with van der Waals surface area (Å²) in [7, 11) is 6.88. The predicted octanol–water partition coefficient (Wildman–Crippen LogP) is 2.68. The van der Waals surface area contributed by atoms with Crippen molar-refractivity contribution in [2.75, 3.05) is 34.6 Å². The van der Waals surface area contributed by atoms with E-state index in [1.54, 1.807) is 26.5 Å². The molecule has 0 spiro atoms. The monoisotopic (exact) mass is 281 g/mol. The second-order valence-electron chi connectivity index (χ2n) is 4.06. The van der Waals surface area contributed by atoms with Crippen molar-refractivity contribution in [3.63, 3.8) is 0 Å². The number of hydrogen-bond acceptors (Lipinski definition) is 5. The van der Waals surface area contributed by atoms with Gasteiger partial charge in [-0.15, -0.1) is 11.8 Å². The van der Waals surface area contributed by atoms with Crippen molar-refractivity contribution < 1.29 is 14.3 Å². The number of benzene rings is 1. The van der Waals surface area contributed by atoms with Crippen LogP contribution < -0.4 is 9.47 Å². The molecule has 0 unspecified atom stereocenters. The number of hydrogen-bond donors (Lipinski definition) is 0. The highest BCUT2D eigenvalue weighted by atomic mass is 32.2. The van der Waals surface area contributed by atoms with Crippen LogP contribution in [0, 0.1) is 0 Å². The summed E-state index contributed by atoms with van der Waals surface area (Å²) in [5.41, 5.74) is 0.583. The lowest BCUT2D eigenvalue weighted by atomic mass is 10.1. The molecule has 0 aromatic heterocycles. The zero-order chi connectivity index (χ0) is 14.4. The summed E-state index contributed by atoms with van der Waals surface area (Å²) in [6, 6.07) is 3.51. The van der Waals surface area contributed by atoms with Crippen LogP contribution >= 0.6 is 11.8 Å². The van der Waals surface area contributed by atoms with Gasteiger partial charge < -0.3 is 14.4 Å². The van der Waals surface area contributed by atoms with Gasteiger partial charge in [0.05, 0.1) is 19.1 Å². The molecular weight excluding hydrogens is 262 g/mol. The molecule has 104 valence electrons. The largest absolute Gasteiger partial charge is 0.493 e. The third kappa shape index (κ3) is 3.92. The van der Waals surface area contributed by atoms with Crippen molar-refractivity contribution in [2.45, 2.75) is 4.90 Å². The van der Waals surface area contributed by atoms with Crippen molar-refractivity contribution in [1.82, 2.24) is 4.90 Å². The van der Waals surface area contributed by atoms with Crippen molar-refractivity contribution in [3.05, 3.63) is 30.0 Å². The van der Waals surface area contributed by atoms with Crippen molar-refractivity contribution in [2.24, 2.45) is 0 Å². The molecule has 0 heterocycles. The summed E-state index contributed by atoms with van der Waals surface area (Å²) < 4.78 is 10.6. The lowest BCUT2D eigenvalue weighted by Gasteiger charge is -2.13. The first-order valence-electron chi connectivity index (χ1n) is 5.72. The Labute approximate surface area is 118 Å². The second kappa shape index (κ2) is 7.09. The SMILES string of the molecule is COc1cc(C(=O)/C=C/N(C)C)cc(SC)c1OC. The van der Waals surface area contributed by atoms with Crippen molar-refractivity contribution in [1.29, 1.82) is 0 Å². The van der Waals surface area contributed by atoms with Crippen LogP contribution in [0.15, 0.2) is 29.3 Å². The Bertz CT molecular complexity index is 459. The Morgan fingerprint density at radius 1 is 1.26 bits per heavy atom. The number of rotatable bonds is 6. The van der Waals surface area contributed by atoms with E-state index in [4.69, 9.17) is 9.47 Å². The number of ketones is 1. The number of ether oxygens (including phenoxy) is 2. The zero-order valence-electron chi connectivity index (χ0n) is 11.9. The van der Waals surface area contributed by atoms with Crippen LogP contribution in [0.25, 0.3) is 0 Å². The van der Waals surface area contributed by atoms with E-state index in [9.17, 15) is 4.79 Å². The molecular formula is C14H19NO3S. The minimum absolute atomic E-state index is 0.0649. The van der Waals surface area contributed by atoms with E-state index in [0.29, 0.717) is 17.1 Å². The first-order valence-corrected chi connectivity index (χ1v) is 6.95. The molecule has 0 aliphatic carbocycles. The molecule has 5 heteroatoms. The van der Waals surface area contributed by atoms with Crippen LogP contribution in [0.3, 0.4) is 0 Å². The quantitative estimate of drug-likeness (QED) is 0.455. The maximum absolute atomic E-state index is 12.1. The molecule has 1 rings (SSSR count). The summed E-state index contributed by atoms with van der Waals surface area (Å²) in [5, 5.41) is 0. The number of thioether (sulfide) groups is 1. The molecule has 0 atom stereocenters. The number of methoxy groups -OCH3 is 2. The van der Waals surface area contributed by atoms with Gasteiger partial charge in [-0.1, -0.05) is 0 Å². The fourth-order valence-corrected chi connectivity index (χ4v) is 2.15. The molecule has 0 aliphatic rings. The first-order chi connectivity index (χ1) is 9.03. The Hall–Kier alpha value is -1.62. The summed E-state index contributed by atoms with van der Waals surface area (Å²) >= 11 is 1.51. The Morgan fingerprint density at radius 2 is 1.95 bits per heavy atom. The molecule has 1 aromatic rings. The minimum Gasteiger partial charge on any atom is -0.493 e. The van der Waals surface area contributed by atoms with Gasteiger partial charge in [0, 0.05) is 31.9 Å². The summed E-state index contributed by atoms with van der Waals surface area (Å²) in [4.78, 5) is 14.8. The third-order valence-corrected chi connectivity index (χ3v) is 3.22. The highest BCUT2D eigenvalue weighted by Crippen LogP contribution is 2.37. The molecule has 0 aliphatic heterocycles. The van der Waals surface area contributed by atoms with Crippen LogP contribution in [0.5, 0.6) is 11.5 Å². The molecule has 0 amide bonds. The minimum atomic E-state index is -0.0649. The molecule has 0 saturated heterocycles. The highest BCUT2D eigenvalue weighted by Gasteiger charge is 2.14. The van der Waals surface area contributed by atoms with E-state index in [2.05, 4.69) is 0 Å². The van der Waals surface area contributed by atoms with Gasteiger partial charge in [0.25, 0.3) is 0 Å². The summed E-state index contributed by atoms with van der Waals surface area (Å²) in [5.74, 6) is 1.16. The van der Waals surface area contributed by atoms with Crippen molar-refractivity contribution >= 4 is 17.5 Å². The van der Waals surface area contributed by atoms with Crippen LogP contribution in [0.1, 0.15) is 10.4 Å². The fraction of sp³-hybridized carbons (Fsp3) is 0.357. The van der Waals surface area contributed by atoms with E-state index < -0.39 is 0 Å². The topological polar surface area (TPSA) is 38.8 Å².